The molecule has 3 saturated heterocycles. The van der Waals surface area contributed by atoms with Gasteiger partial charge in [-0.2, -0.15) is 13.1 Å². The van der Waals surface area contributed by atoms with Gasteiger partial charge in [0.05, 0.1) is 30.3 Å². The zero-order chi connectivity index (χ0) is 21.0. The number of hydrogen-bond donors (Lipinski definition) is 0. The molecule has 0 aromatic heterocycles. The van der Waals surface area contributed by atoms with Gasteiger partial charge >= 0.3 is 6.61 Å². The van der Waals surface area contributed by atoms with Gasteiger partial charge in [0.2, 0.25) is 10.0 Å². The van der Waals surface area contributed by atoms with Crippen molar-refractivity contribution in [3.05, 3.63) is 24.3 Å². The van der Waals surface area contributed by atoms with Gasteiger partial charge in [-0.25, -0.2) is 8.42 Å². The van der Waals surface area contributed by atoms with Crippen molar-refractivity contribution in [2.75, 3.05) is 46.0 Å². The molecule has 166 valence electrons. The van der Waals surface area contributed by atoms with Gasteiger partial charge in [0.15, 0.2) is 0 Å². The second-order valence-corrected chi connectivity index (χ2v) is 10.9. The van der Waals surface area contributed by atoms with Crippen LogP contribution in [0.5, 0.6) is 5.75 Å². The first kappa shape index (κ1) is 20.6. The molecule has 0 amide bonds. The molecule has 10 heteroatoms. The molecule has 30 heavy (non-hydrogen) atoms. The standard InChI is InChI=1S/C20H26F2N2O5S/c21-18(22)29-16-1-3-17(4-2-16)30(25,26)24-7-8-28-20(12-24)5-6-23(11-20)15-9-19(10-15)13-27-14-19/h1-4,15,18H,5-14H2/t20-/m1/s1. The maximum atomic E-state index is 13.1. The van der Waals surface area contributed by atoms with E-state index in [2.05, 4.69) is 9.64 Å². The van der Waals surface area contributed by atoms with Crippen molar-refractivity contribution in [1.29, 1.82) is 0 Å². The number of nitrogens with zero attached hydrogens (tertiary/aromatic N) is 2. The van der Waals surface area contributed by atoms with Gasteiger partial charge < -0.3 is 14.2 Å². The van der Waals surface area contributed by atoms with Crippen molar-refractivity contribution >= 4 is 10.0 Å². The van der Waals surface area contributed by atoms with Crippen LogP contribution in [0.25, 0.3) is 0 Å². The number of likely N-dealkylation sites (tertiary alicyclic amines) is 1. The average Bonchev–Trinajstić information content (AvgIpc) is 3.02. The van der Waals surface area contributed by atoms with E-state index in [0.29, 0.717) is 24.6 Å². The summed E-state index contributed by atoms with van der Waals surface area (Å²) in [7, 11) is -3.74. The van der Waals surface area contributed by atoms with E-state index in [1.807, 2.05) is 0 Å². The number of halogens is 2. The number of rotatable bonds is 5. The van der Waals surface area contributed by atoms with E-state index in [0.717, 1.165) is 45.6 Å². The van der Waals surface area contributed by atoms with Crippen molar-refractivity contribution in [2.24, 2.45) is 5.41 Å². The topological polar surface area (TPSA) is 68.3 Å². The lowest BCUT2D eigenvalue weighted by Crippen LogP contribution is -2.60. The fourth-order valence-electron chi connectivity index (χ4n) is 5.22. The van der Waals surface area contributed by atoms with Gasteiger partial charge in [0.1, 0.15) is 5.75 Å². The Hall–Kier alpha value is -1.33. The van der Waals surface area contributed by atoms with Crippen LogP contribution in [-0.2, 0) is 19.5 Å². The second kappa shape index (κ2) is 7.37. The molecule has 1 aliphatic carbocycles. The van der Waals surface area contributed by atoms with Crippen LogP contribution in [-0.4, -0.2) is 81.9 Å². The van der Waals surface area contributed by atoms with E-state index in [9.17, 15) is 17.2 Å². The van der Waals surface area contributed by atoms with Crippen molar-refractivity contribution in [3.63, 3.8) is 0 Å². The summed E-state index contributed by atoms with van der Waals surface area (Å²) in [6, 6.07) is 5.66. The molecule has 3 aliphatic heterocycles. The number of ether oxygens (including phenoxy) is 3. The predicted molar refractivity (Wildman–Crippen MR) is 103 cm³/mol. The summed E-state index contributed by atoms with van der Waals surface area (Å²) >= 11 is 0. The fraction of sp³-hybridized carbons (Fsp3) is 0.700. The average molecular weight is 445 g/mol. The normalized spacial score (nSPS) is 30.0. The zero-order valence-electron chi connectivity index (χ0n) is 16.6. The first-order chi connectivity index (χ1) is 14.3. The van der Waals surface area contributed by atoms with Crippen LogP contribution < -0.4 is 4.74 Å². The monoisotopic (exact) mass is 444 g/mol. The first-order valence-corrected chi connectivity index (χ1v) is 11.7. The molecular formula is C20H26F2N2O5S. The maximum Gasteiger partial charge on any atom is 0.387 e. The molecule has 0 radical (unpaired) electrons. The van der Waals surface area contributed by atoms with Gasteiger partial charge in [-0.05, 0) is 43.5 Å². The molecule has 1 saturated carbocycles. The smallest absolute Gasteiger partial charge is 0.387 e. The summed E-state index contributed by atoms with van der Waals surface area (Å²) in [5, 5.41) is 0. The molecule has 4 aliphatic rings. The summed E-state index contributed by atoms with van der Waals surface area (Å²) in [6.07, 6.45) is 3.11. The van der Waals surface area contributed by atoms with Crippen molar-refractivity contribution in [3.8, 4) is 5.75 Å². The van der Waals surface area contributed by atoms with Gasteiger partial charge in [-0.3, -0.25) is 4.90 Å². The fourth-order valence-corrected chi connectivity index (χ4v) is 6.71. The SMILES string of the molecule is O=S(=O)(c1ccc(OC(F)F)cc1)N1CCO[C@@]2(CCN(C3CC4(COC4)C3)C2)C1. The minimum absolute atomic E-state index is 0.0658. The summed E-state index contributed by atoms with van der Waals surface area (Å²) in [4.78, 5) is 2.51. The van der Waals surface area contributed by atoms with Crippen LogP contribution in [0.1, 0.15) is 19.3 Å². The summed E-state index contributed by atoms with van der Waals surface area (Å²) < 4.78 is 68.2. The quantitative estimate of drug-likeness (QED) is 0.692. The van der Waals surface area contributed by atoms with Crippen LogP contribution in [0.4, 0.5) is 8.78 Å². The molecule has 4 fully saturated rings. The number of alkyl halides is 2. The van der Waals surface area contributed by atoms with E-state index in [4.69, 9.17) is 9.47 Å². The van der Waals surface area contributed by atoms with Crippen LogP contribution in [0.3, 0.4) is 0 Å². The molecule has 1 atom stereocenters. The number of morpholine rings is 1. The largest absolute Gasteiger partial charge is 0.435 e. The Balaban J connectivity index is 1.24. The van der Waals surface area contributed by atoms with Gasteiger partial charge in [0, 0.05) is 37.6 Å². The van der Waals surface area contributed by atoms with Gasteiger partial charge in [0.25, 0.3) is 0 Å². The van der Waals surface area contributed by atoms with E-state index >= 15 is 0 Å². The predicted octanol–water partition coefficient (Wildman–Crippen LogP) is 1.93. The van der Waals surface area contributed by atoms with Gasteiger partial charge in [-0.15, -0.1) is 0 Å². The molecule has 2 spiro atoms. The summed E-state index contributed by atoms with van der Waals surface area (Å²) in [6.45, 7) is 1.38. The Labute approximate surface area is 174 Å². The number of sulfonamides is 1. The highest BCUT2D eigenvalue weighted by Gasteiger charge is 2.55. The number of hydrogen-bond acceptors (Lipinski definition) is 6. The molecule has 3 heterocycles. The van der Waals surface area contributed by atoms with Crippen LogP contribution in [0.2, 0.25) is 0 Å². The maximum absolute atomic E-state index is 13.1. The second-order valence-electron chi connectivity index (χ2n) is 9.00. The molecule has 0 N–H and O–H groups in total. The molecule has 1 aromatic carbocycles. The van der Waals surface area contributed by atoms with Crippen molar-refractivity contribution < 1.29 is 31.4 Å². The molecule has 1 aromatic rings. The molecule has 5 rings (SSSR count). The lowest BCUT2D eigenvalue weighted by molar-refractivity contribution is -0.185. The summed E-state index contributed by atoms with van der Waals surface area (Å²) in [5.41, 5.74) is -0.0909. The third-order valence-corrected chi connectivity index (χ3v) is 8.78. The third-order valence-electron chi connectivity index (χ3n) is 6.92. The molecular weight excluding hydrogens is 418 g/mol. The molecule has 0 bridgehead atoms. The Morgan fingerprint density at radius 1 is 1.10 bits per heavy atom. The van der Waals surface area contributed by atoms with Crippen LogP contribution in [0.15, 0.2) is 29.2 Å². The van der Waals surface area contributed by atoms with Crippen molar-refractivity contribution in [2.45, 2.75) is 42.4 Å². The van der Waals surface area contributed by atoms with Crippen LogP contribution in [0, 0.1) is 5.41 Å². The van der Waals surface area contributed by atoms with E-state index in [1.165, 1.54) is 28.6 Å². The highest BCUT2D eigenvalue weighted by molar-refractivity contribution is 7.89. The van der Waals surface area contributed by atoms with Crippen molar-refractivity contribution in [1.82, 2.24) is 9.21 Å². The number of benzene rings is 1. The lowest BCUT2D eigenvalue weighted by Gasteiger charge is -2.56. The Morgan fingerprint density at radius 2 is 1.83 bits per heavy atom. The molecule has 7 nitrogen and oxygen atoms in total. The van der Waals surface area contributed by atoms with E-state index in [1.54, 1.807) is 0 Å². The lowest BCUT2D eigenvalue weighted by atomic mass is 9.63. The van der Waals surface area contributed by atoms with Gasteiger partial charge in [-0.1, -0.05) is 0 Å². The third kappa shape index (κ3) is 3.62. The first-order valence-electron chi connectivity index (χ1n) is 10.3. The van der Waals surface area contributed by atoms with Crippen LogP contribution >= 0.6 is 0 Å². The Morgan fingerprint density at radius 3 is 2.47 bits per heavy atom. The summed E-state index contributed by atoms with van der Waals surface area (Å²) in [5.74, 6) is -0.0658. The zero-order valence-corrected chi connectivity index (χ0v) is 17.5. The Bertz CT molecular complexity index is 885. The minimum Gasteiger partial charge on any atom is -0.435 e. The highest BCUT2D eigenvalue weighted by Crippen LogP contribution is 2.50. The van der Waals surface area contributed by atoms with E-state index in [-0.39, 0.29) is 17.2 Å². The highest BCUT2D eigenvalue weighted by atomic mass is 32.2. The molecule has 0 unspecified atom stereocenters. The van der Waals surface area contributed by atoms with E-state index < -0.39 is 22.2 Å². The minimum atomic E-state index is -3.74. The Kier molecular flexibility index (Phi) is 5.05.